The van der Waals surface area contributed by atoms with Gasteiger partial charge in [-0.2, -0.15) is 8.42 Å². The monoisotopic (exact) mass is 465 g/mol. The van der Waals surface area contributed by atoms with Crippen LogP contribution < -0.4 is 4.18 Å². The molecular weight excluding hydrogens is 435 g/mol. The molecule has 0 aliphatic heterocycles. The summed E-state index contributed by atoms with van der Waals surface area (Å²) < 4.78 is 28.7. The van der Waals surface area contributed by atoms with E-state index in [0.717, 1.165) is 12.8 Å². The molecule has 129 valence electrons. The zero-order valence-corrected chi connectivity index (χ0v) is 18.8. The first-order valence-electron chi connectivity index (χ1n) is 8.61. The fraction of sp³-hybridized carbons (Fsp3) is 0.667. The van der Waals surface area contributed by atoms with E-state index in [9.17, 15) is 8.42 Å². The number of rotatable bonds is 13. The van der Waals surface area contributed by atoms with Gasteiger partial charge in [0.25, 0.3) is 0 Å². The summed E-state index contributed by atoms with van der Waals surface area (Å²) in [5.41, 5.74) is 0. The van der Waals surface area contributed by atoms with Gasteiger partial charge in [-0.05, 0) is 18.6 Å². The van der Waals surface area contributed by atoms with Gasteiger partial charge in [0.1, 0.15) is 5.75 Å². The normalized spacial score (nSPS) is 11.0. The Morgan fingerprint density at radius 1 is 0.783 bits per heavy atom. The molecule has 0 heterocycles. The van der Waals surface area contributed by atoms with Crippen LogP contribution in [0.3, 0.4) is 0 Å². The summed E-state index contributed by atoms with van der Waals surface area (Å²) in [6, 6.07) is 8.70. The Morgan fingerprint density at radius 2 is 1.26 bits per heavy atom. The molecule has 0 atom stereocenters. The molecule has 0 aromatic heterocycles. The summed E-state index contributed by atoms with van der Waals surface area (Å²) in [5.74, 6) is 0.507. The molecule has 0 saturated heterocycles. The molecule has 23 heavy (non-hydrogen) atoms. The minimum atomic E-state index is -3.44. The van der Waals surface area contributed by atoms with Gasteiger partial charge in [0.05, 0.1) is 5.75 Å². The van der Waals surface area contributed by atoms with Crippen LogP contribution in [-0.4, -0.2) is 14.2 Å². The molecule has 1 radical (unpaired) electrons. The van der Waals surface area contributed by atoms with Crippen molar-refractivity contribution in [1.29, 1.82) is 0 Å². The van der Waals surface area contributed by atoms with Crippen LogP contribution in [0, 0.1) is 35.6 Å². The molecule has 1 rings (SSSR count). The van der Waals surface area contributed by atoms with Crippen molar-refractivity contribution in [3.63, 3.8) is 0 Å². The van der Waals surface area contributed by atoms with Crippen molar-refractivity contribution >= 4 is 10.1 Å². The average Bonchev–Trinajstić information content (AvgIpc) is 2.49. The number of unbranched alkanes of at least 4 members (excludes halogenated alkanes) is 9. The molecule has 0 saturated carbocycles. The van der Waals surface area contributed by atoms with E-state index in [2.05, 4.69) is 6.92 Å². The largest absolute Gasteiger partial charge is 0.382 e. The topological polar surface area (TPSA) is 43.4 Å². The summed E-state index contributed by atoms with van der Waals surface area (Å²) in [6.45, 7) is 2.23. The fourth-order valence-electron chi connectivity index (χ4n) is 2.43. The number of hydrogen-bond acceptors (Lipinski definition) is 3. The summed E-state index contributed by atoms with van der Waals surface area (Å²) in [4.78, 5) is 0. The Labute approximate surface area is 170 Å². The Balaban J connectivity index is 0.00000484. The average molecular weight is 465 g/mol. The number of hydrogen-bond donors (Lipinski definition) is 0. The summed E-state index contributed by atoms with van der Waals surface area (Å²) in [5, 5.41) is 0. The minimum absolute atomic E-state index is 0. The van der Waals surface area contributed by atoms with Crippen molar-refractivity contribution in [1.82, 2.24) is 0 Å². The first-order valence-corrected chi connectivity index (χ1v) is 10.2. The van der Waals surface area contributed by atoms with Crippen LogP contribution in [0.5, 0.6) is 5.75 Å². The van der Waals surface area contributed by atoms with Gasteiger partial charge in [-0.15, -0.1) is 0 Å². The maximum atomic E-state index is 11.8. The molecule has 1 aromatic carbocycles. The van der Waals surface area contributed by atoms with Crippen molar-refractivity contribution in [3.8, 4) is 5.75 Å². The first kappa shape index (κ1) is 23.2. The molecule has 0 aliphatic rings. The second kappa shape index (κ2) is 14.5. The van der Waals surface area contributed by atoms with Crippen LogP contribution >= 0.6 is 0 Å². The number of benzene rings is 1. The minimum Gasteiger partial charge on any atom is -0.382 e. The Hall–Kier alpha value is 0.165. The second-order valence-electron chi connectivity index (χ2n) is 5.84. The van der Waals surface area contributed by atoms with E-state index in [0.29, 0.717) is 12.2 Å². The third-order valence-corrected chi connectivity index (χ3v) is 4.95. The van der Waals surface area contributed by atoms with Crippen molar-refractivity contribution in [2.24, 2.45) is 0 Å². The first-order chi connectivity index (χ1) is 10.6. The smallest absolute Gasteiger partial charge is 0.309 e. The van der Waals surface area contributed by atoms with Gasteiger partial charge >= 0.3 is 10.1 Å². The van der Waals surface area contributed by atoms with Gasteiger partial charge in [-0.1, -0.05) is 82.9 Å². The van der Waals surface area contributed by atoms with Crippen molar-refractivity contribution in [2.45, 2.75) is 71.1 Å². The zero-order chi connectivity index (χ0) is 16.1. The van der Waals surface area contributed by atoms with E-state index < -0.39 is 10.1 Å². The Bertz CT molecular complexity index is 474. The van der Waals surface area contributed by atoms with Crippen molar-refractivity contribution < 1.29 is 48.2 Å². The van der Waals surface area contributed by atoms with E-state index in [4.69, 9.17) is 4.18 Å². The molecule has 0 bridgehead atoms. The molecule has 1 aromatic rings. The third kappa shape index (κ3) is 13.2. The van der Waals surface area contributed by atoms with Crippen LogP contribution in [0.15, 0.2) is 30.3 Å². The van der Waals surface area contributed by atoms with Gasteiger partial charge in [0.2, 0.25) is 0 Å². The maximum Gasteiger partial charge on any atom is 0.309 e. The van der Waals surface area contributed by atoms with Crippen LogP contribution in [0.2, 0.25) is 0 Å². The summed E-state index contributed by atoms with van der Waals surface area (Å²) in [6.07, 6.45) is 11.9. The predicted octanol–water partition coefficient (Wildman–Crippen LogP) is 5.32. The van der Waals surface area contributed by atoms with Gasteiger partial charge in [-0.25, -0.2) is 0 Å². The summed E-state index contributed by atoms with van der Waals surface area (Å²) in [7, 11) is -3.44. The van der Waals surface area contributed by atoms with E-state index in [1.165, 1.54) is 44.9 Å². The van der Waals surface area contributed by atoms with Gasteiger partial charge < -0.3 is 4.18 Å². The molecule has 0 spiro atoms. The third-order valence-electron chi connectivity index (χ3n) is 3.71. The summed E-state index contributed by atoms with van der Waals surface area (Å²) >= 11 is 0. The van der Waals surface area contributed by atoms with E-state index in [1.54, 1.807) is 24.3 Å². The SMILES string of the molecule is CCCCCCCCCCCCS(=O)(=O)Oc1ccccc1.[La]. The van der Waals surface area contributed by atoms with Crippen LogP contribution in [0.1, 0.15) is 71.1 Å². The molecule has 0 fully saturated rings. The Kier molecular flexibility index (Phi) is 14.6. The van der Waals surface area contributed by atoms with Gasteiger partial charge in [-0.3, -0.25) is 0 Å². The fourth-order valence-corrected chi connectivity index (χ4v) is 3.48. The van der Waals surface area contributed by atoms with Crippen LogP contribution in [0.25, 0.3) is 0 Å². The molecule has 0 amide bonds. The molecular formula is C18H30LaO3S. The van der Waals surface area contributed by atoms with E-state index >= 15 is 0 Å². The predicted molar refractivity (Wildman–Crippen MR) is 92.7 cm³/mol. The van der Waals surface area contributed by atoms with Crippen LogP contribution in [-0.2, 0) is 10.1 Å². The van der Waals surface area contributed by atoms with Gasteiger partial charge in [0.15, 0.2) is 0 Å². The van der Waals surface area contributed by atoms with E-state index in [1.807, 2.05) is 6.07 Å². The maximum absolute atomic E-state index is 11.8. The number of para-hydroxylation sites is 1. The van der Waals surface area contributed by atoms with Gasteiger partial charge in [0, 0.05) is 35.6 Å². The quantitative estimate of drug-likeness (QED) is 0.293. The van der Waals surface area contributed by atoms with Crippen LogP contribution in [0.4, 0.5) is 0 Å². The zero-order valence-electron chi connectivity index (χ0n) is 14.4. The molecule has 0 aliphatic carbocycles. The second-order valence-corrected chi connectivity index (χ2v) is 7.53. The van der Waals surface area contributed by atoms with Crippen molar-refractivity contribution in [3.05, 3.63) is 30.3 Å². The molecule has 5 heteroatoms. The standard InChI is InChI=1S/C18H30O3S.La/c1-2-3-4-5-6-7-8-9-10-14-17-22(19,20)21-18-15-12-11-13-16-18;/h11-13,15-16H,2-10,14,17H2,1H3;. The van der Waals surface area contributed by atoms with Crippen molar-refractivity contribution in [2.75, 3.05) is 5.75 Å². The molecule has 0 unspecified atom stereocenters. The molecule has 0 N–H and O–H groups in total. The molecule has 3 nitrogen and oxygen atoms in total. The van der Waals surface area contributed by atoms with E-state index in [-0.39, 0.29) is 41.4 Å². The Morgan fingerprint density at radius 3 is 1.78 bits per heavy atom.